The van der Waals surface area contributed by atoms with Crippen LogP contribution in [-0.4, -0.2) is 62.6 Å². The fourth-order valence-corrected chi connectivity index (χ4v) is 14.7. The van der Waals surface area contributed by atoms with Gasteiger partial charge < -0.3 is 56.8 Å². The summed E-state index contributed by atoms with van der Waals surface area (Å²) < 4.78 is 37.2. The van der Waals surface area contributed by atoms with E-state index < -0.39 is 0 Å². The third kappa shape index (κ3) is 22.8. The van der Waals surface area contributed by atoms with Gasteiger partial charge in [-0.15, -0.1) is 54.6 Å². The molecular weight excluding hydrogens is 2130 g/mol. The Labute approximate surface area is 779 Å². The van der Waals surface area contributed by atoms with Crippen molar-refractivity contribution in [2.24, 2.45) is 0 Å². The summed E-state index contributed by atoms with van der Waals surface area (Å²) in [5, 5.41) is 34.1. The molecule has 18 rings (SSSR count). The molecule has 21 heteroatoms. The van der Waals surface area contributed by atoms with Crippen LogP contribution in [0.2, 0.25) is 0 Å². The van der Waals surface area contributed by atoms with E-state index in [-0.39, 0.29) is 100 Å². The molecule has 3 radical (unpaired) electrons. The number of carbonyl (C=O) groups excluding carboxylic acids is 3. The third-order valence-corrected chi connectivity index (χ3v) is 20.8. The molecule has 0 aliphatic heterocycles. The monoisotopic (exact) mass is 2230 g/mol. The first-order valence-corrected chi connectivity index (χ1v) is 41.4. The van der Waals surface area contributed by atoms with Crippen LogP contribution in [0.3, 0.4) is 0 Å². The number of pyridine rings is 6. The smallest absolute Gasteiger partial charge is 0.216 e. The van der Waals surface area contributed by atoms with Crippen molar-refractivity contribution in [1.82, 2.24) is 29.9 Å². The Balaban J connectivity index is 0.000000176. The van der Waals surface area contributed by atoms with Gasteiger partial charge in [-0.3, -0.25) is 14.4 Å². The van der Waals surface area contributed by atoms with Crippen molar-refractivity contribution in [2.75, 3.05) is 0 Å². The van der Waals surface area contributed by atoms with Crippen LogP contribution in [0.5, 0.6) is 0 Å². The minimum atomic E-state index is -0.125. The summed E-state index contributed by atoms with van der Waals surface area (Å²) in [6, 6.07) is 68.3. The predicted octanol–water partition coefficient (Wildman–Crippen LogP) is 28.6. The number of benzene rings is 6. The van der Waals surface area contributed by atoms with Crippen LogP contribution in [0.1, 0.15) is 186 Å². The van der Waals surface area contributed by atoms with Crippen molar-refractivity contribution in [2.45, 2.75) is 168 Å². The van der Waals surface area contributed by atoms with Crippen molar-refractivity contribution in [3.8, 4) is 67.7 Å². The maximum absolute atomic E-state index is 10.0. The molecule has 0 aliphatic rings. The van der Waals surface area contributed by atoms with Crippen LogP contribution < -0.4 is 0 Å². The van der Waals surface area contributed by atoms with Crippen LogP contribution in [0.15, 0.2) is 250 Å². The van der Waals surface area contributed by atoms with Gasteiger partial charge in [-0.2, -0.15) is 0 Å². The zero-order valence-electron chi connectivity index (χ0n) is 74.6. The summed E-state index contributed by atoms with van der Waals surface area (Å²) in [5.41, 5.74) is 24.1. The first-order valence-electron chi connectivity index (χ1n) is 41.4. The van der Waals surface area contributed by atoms with Crippen LogP contribution in [0, 0.1) is 39.0 Å². The average molecular weight is 2230 g/mol. The second kappa shape index (κ2) is 41.5. The Hall–Kier alpha value is -12.2. The largest absolute Gasteiger partial charge is 0.512 e. The van der Waals surface area contributed by atoms with E-state index in [1.807, 2.05) is 81.4 Å². The normalized spacial score (nSPS) is 11.7. The Morgan fingerprint density at radius 3 is 0.992 bits per heavy atom. The topological polar surface area (TPSA) is 268 Å². The van der Waals surface area contributed by atoms with E-state index in [1.54, 1.807) is 18.6 Å². The molecule has 0 amide bonds. The standard InChI is InChI=1S/2C31H27N2O2.C29H23N2O2.3C5H8O2.3Ir/c1-17(2)21-8-6-9-22(18(3)4)29(21)27-15-20-14-26(32-16-28(20)34-27)25-11-7-10-23-24-13-12-19(5)33-31(24)35-30(23)25;1-17(2)20-11-21(18(3)4)13-22(12-20)28-15-23-14-27(32-16-29(23)34-28)26-8-6-7-24-25-10-9-19(5)33-31(25)35-30(24)26;1-17-8-13-22-21-6-5-7-23(27(21)33-28(22)31-17)24-14-19-15-25(32-26(19)16-30-24)18-9-11-20(12-10-18)29(2,3)4;3*1-4(6)3-5(2)7;;;/h6-10,12-18H,1-5H3;6-7,9-18H,1-5H3;5-6,8-16H,1-4H3;3*3,6H,1-2H3;;;/q3*-1;;;;;;. The van der Waals surface area contributed by atoms with Crippen LogP contribution in [0.25, 0.3) is 167 Å². The molecule has 18 nitrogen and oxygen atoms in total. The van der Waals surface area contributed by atoms with Gasteiger partial charge in [0.1, 0.15) is 17.3 Å². The van der Waals surface area contributed by atoms with Gasteiger partial charge in [-0.05, 0) is 203 Å². The van der Waals surface area contributed by atoms with Gasteiger partial charge >= 0.3 is 0 Å². The molecule has 18 aromatic rings. The number of aromatic nitrogens is 6. The van der Waals surface area contributed by atoms with Gasteiger partial charge in [-0.1, -0.05) is 176 Å². The number of hydrogen-bond acceptors (Lipinski definition) is 18. The summed E-state index contributed by atoms with van der Waals surface area (Å²) in [4.78, 5) is 57.8. The SMILES string of the molecule is CC(=O)C=C(C)O.CC(=O)C=C(C)O.CC(=O)C=C(C)O.Cc1ccc2c(n1)oc1c(-c3cc4cc(-c5c(C(C)C)cccc5C(C)C)oc4cn3)[c-]ccc12.Cc1ccc2c(n1)oc1c(-c3cc4cc(-c5cc(C(C)C)cc(C(C)C)c5)oc4cn3)[c-]ccc12.Cc1ccc2c(n1)oc1c(-c3cc4cc(-c5ccc(C(C)(C)C)cc5)oc4cn3)[c-]ccc12.[Ir].[Ir].[Ir]. The van der Waals surface area contributed by atoms with E-state index in [0.29, 0.717) is 40.8 Å². The van der Waals surface area contributed by atoms with Gasteiger partial charge in [0.2, 0.25) is 17.1 Å². The zero-order chi connectivity index (χ0) is 88.9. The Kier molecular flexibility index (Phi) is 31.7. The molecule has 0 bridgehead atoms. The number of ketones is 3. The zero-order valence-corrected chi connectivity index (χ0v) is 81.8. The number of aryl methyl sites for hydroxylation is 3. The number of fused-ring (bicyclic) bond motifs is 12. The summed E-state index contributed by atoms with van der Waals surface area (Å²) in [6.45, 7) is 38.9. The average Bonchev–Trinajstić information content (AvgIpc) is 1.61. The van der Waals surface area contributed by atoms with Gasteiger partial charge in [0, 0.05) is 145 Å². The maximum atomic E-state index is 10.0. The molecule has 0 aliphatic carbocycles. The van der Waals surface area contributed by atoms with E-state index in [1.165, 1.54) is 93.2 Å². The fraction of sp³-hybridized carbons (Fsp3) is 0.236. The second-order valence-electron chi connectivity index (χ2n) is 33.5. The fourth-order valence-electron chi connectivity index (χ4n) is 14.7. The van der Waals surface area contributed by atoms with Gasteiger partial charge in [0.15, 0.2) is 34.1 Å². The van der Waals surface area contributed by atoms with E-state index in [0.717, 1.165) is 161 Å². The molecule has 0 spiro atoms. The van der Waals surface area contributed by atoms with Crippen molar-refractivity contribution in [3.63, 3.8) is 0 Å². The van der Waals surface area contributed by atoms with Crippen LogP contribution in [0.4, 0.5) is 0 Å². The summed E-state index contributed by atoms with van der Waals surface area (Å²) in [5.74, 6) is 4.06. The molecule has 0 fully saturated rings. The molecule has 0 atom stereocenters. The van der Waals surface area contributed by atoms with Crippen molar-refractivity contribution >= 4 is 116 Å². The first-order chi connectivity index (χ1) is 59.0. The first kappa shape index (κ1) is 97.0. The van der Waals surface area contributed by atoms with E-state index >= 15 is 0 Å². The predicted molar refractivity (Wildman–Crippen MR) is 497 cm³/mol. The third-order valence-electron chi connectivity index (χ3n) is 20.8. The molecule has 12 aromatic heterocycles. The molecule has 6 aromatic carbocycles. The number of nitrogens with zero attached hydrogens (tertiary/aromatic N) is 6. The van der Waals surface area contributed by atoms with Gasteiger partial charge in [0.05, 0.1) is 52.6 Å². The van der Waals surface area contributed by atoms with Crippen LogP contribution in [-0.2, 0) is 80.1 Å². The number of furan rings is 6. The Morgan fingerprint density at radius 2 is 0.693 bits per heavy atom. The van der Waals surface area contributed by atoms with Crippen molar-refractivity contribution in [3.05, 3.63) is 287 Å². The number of carbonyl (C=O) groups is 3. The summed E-state index contributed by atoms with van der Waals surface area (Å²) in [6.07, 6.45) is 8.87. The molecular formula is C106H101Ir3N6O12-3. The molecule has 0 unspecified atom stereocenters. The summed E-state index contributed by atoms with van der Waals surface area (Å²) in [7, 11) is 0. The molecule has 657 valence electrons. The maximum Gasteiger partial charge on any atom is 0.216 e. The minimum absolute atomic E-state index is 0. The molecule has 0 saturated carbocycles. The van der Waals surface area contributed by atoms with Crippen LogP contribution >= 0.6 is 0 Å². The Morgan fingerprint density at radius 1 is 0.370 bits per heavy atom. The van der Waals surface area contributed by atoms with Gasteiger partial charge in [0.25, 0.3) is 0 Å². The van der Waals surface area contributed by atoms with E-state index in [4.69, 9.17) is 51.8 Å². The van der Waals surface area contributed by atoms with Crippen molar-refractivity contribution < 1.29 is 117 Å². The summed E-state index contributed by atoms with van der Waals surface area (Å²) >= 11 is 0. The second-order valence-corrected chi connectivity index (χ2v) is 33.5. The molecule has 0 saturated heterocycles. The number of allylic oxidation sites excluding steroid dienone is 6. The van der Waals surface area contributed by atoms with Gasteiger partial charge in [-0.25, -0.2) is 15.0 Å². The van der Waals surface area contributed by atoms with Crippen molar-refractivity contribution in [1.29, 1.82) is 0 Å². The molecule has 3 N–H and O–H groups in total. The number of aliphatic hydroxyl groups excluding tert-OH is 3. The molecule has 12 heterocycles. The molecule has 127 heavy (non-hydrogen) atoms. The quantitative estimate of drug-likeness (QED) is 0.0550. The minimum Gasteiger partial charge on any atom is -0.512 e. The number of aliphatic hydroxyl groups is 3. The van der Waals surface area contributed by atoms with E-state index in [2.05, 4.69) is 223 Å². The number of hydrogen-bond donors (Lipinski definition) is 3. The van der Waals surface area contributed by atoms with E-state index in [9.17, 15) is 14.4 Å². The Bertz CT molecular complexity index is 7030. The number of rotatable bonds is 13.